The topological polar surface area (TPSA) is 32.6 Å². The number of halogens is 1. The molecule has 0 bridgehead atoms. The van der Waals surface area contributed by atoms with Crippen molar-refractivity contribution in [3.8, 4) is 5.75 Å². The summed E-state index contributed by atoms with van der Waals surface area (Å²) in [5, 5.41) is 9.44. The van der Waals surface area contributed by atoms with E-state index in [1.165, 1.54) is 30.1 Å². The summed E-state index contributed by atoms with van der Waals surface area (Å²) < 4.78 is 16.9. The van der Waals surface area contributed by atoms with Gasteiger partial charge in [0, 0.05) is 17.7 Å². The highest BCUT2D eigenvalue weighted by atomic mass is 32.2. The summed E-state index contributed by atoms with van der Waals surface area (Å²) in [7, 11) is 0. The van der Waals surface area contributed by atoms with Gasteiger partial charge >= 0.3 is 0 Å². The second-order valence-electron chi connectivity index (χ2n) is 2.78. The Balaban J connectivity index is 2.43. The quantitative estimate of drug-likeness (QED) is 0.701. The molecule has 0 radical (unpaired) electrons. The Morgan fingerprint density at radius 2 is 2.31 bits per heavy atom. The Kier molecular flexibility index (Phi) is 2.22. The third kappa shape index (κ3) is 1.67. The van der Waals surface area contributed by atoms with E-state index in [9.17, 15) is 9.50 Å². The molecular weight excluding hydrogens is 189 g/mol. The number of benzene rings is 1. The molecule has 0 saturated heterocycles. The maximum atomic E-state index is 12.8. The molecule has 0 fully saturated rings. The van der Waals surface area contributed by atoms with E-state index in [4.69, 9.17) is 0 Å². The maximum absolute atomic E-state index is 12.8. The van der Waals surface area contributed by atoms with Crippen molar-refractivity contribution in [1.82, 2.24) is 0 Å². The zero-order valence-electron chi connectivity index (χ0n) is 6.83. The minimum absolute atomic E-state index is 0.0997. The molecule has 1 aromatic rings. The van der Waals surface area contributed by atoms with Crippen LogP contribution in [0.3, 0.4) is 0 Å². The standard InChI is InChI=1S/C9H8FNOS/c10-6-1-2-9(12)7(5-6)8-3-4-13-11-8/h1-2,5,12H,3-4H2. The average Bonchev–Trinajstić information content (AvgIpc) is 2.61. The van der Waals surface area contributed by atoms with Gasteiger partial charge in [0.2, 0.25) is 0 Å². The molecule has 0 saturated carbocycles. The van der Waals surface area contributed by atoms with Crippen LogP contribution in [0.4, 0.5) is 4.39 Å². The summed E-state index contributed by atoms with van der Waals surface area (Å²) in [6.07, 6.45) is 0.793. The fourth-order valence-corrected chi connectivity index (χ4v) is 1.96. The summed E-state index contributed by atoms with van der Waals surface area (Å²) in [5.74, 6) is 0.667. The van der Waals surface area contributed by atoms with E-state index >= 15 is 0 Å². The second-order valence-corrected chi connectivity index (χ2v) is 3.63. The third-order valence-electron chi connectivity index (χ3n) is 1.87. The van der Waals surface area contributed by atoms with Crippen molar-refractivity contribution in [3.05, 3.63) is 29.6 Å². The number of nitrogens with zero attached hydrogens (tertiary/aromatic N) is 1. The van der Waals surface area contributed by atoms with Crippen LogP contribution in [0.2, 0.25) is 0 Å². The molecule has 1 aromatic carbocycles. The molecule has 0 unspecified atom stereocenters. The van der Waals surface area contributed by atoms with Crippen LogP contribution in [0.1, 0.15) is 12.0 Å². The molecule has 1 heterocycles. The van der Waals surface area contributed by atoms with Crippen LogP contribution in [-0.4, -0.2) is 16.6 Å². The lowest BCUT2D eigenvalue weighted by atomic mass is 10.1. The normalized spacial score (nSPS) is 15.9. The van der Waals surface area contributed by atoms with E-state index in [-0.39, 0.29) is 11.6 Å². The van der Waals surface area contributed by atoms with Gasteiger partial charge in [0.25, 0.3) is 0 Å². The summed E-state index contributed by atoms with van der Waals surface area (Å²) in [5.41, 5.74) is 1.30. The molecule has 13 heavy (non-hydrogen) atoms. The van der Waals surface area contributed by atoms with E-state index in [2.05, 4.69) is 4.40 Å². The Labute approximate surface area is 79.6 Å². The summed E-state index contributed by atoms with van der Waals surface area (Å²) >= 11 is 1.45. The predicted molar refractivity (Wildman–Crippen MR) is 51.7 cm³/mol. The van der Waals surface area contributed by atoms with Gasteiger partial charge in [-0.1, -0.05) is 0 Å². The Hall–Kier alpha value is -1.03. The SMILES string of the molecule is Oc1ccc(F)cc1C1=NSCC1. The summed E-state index contributed by atoms with van der Waals surface area (Å²) in [4.78, 5) is 0. The first-order chi connectivity index (χ1) is 6.27. The summed E-state index contributed by atoms with van der Waals surface area (Å²) in [6, 6.07) is 3.91. The Morgan fingerprint density at radius 3 is 3.00 bits per heavy atom. The van der Waals surface area contributed by atoms with E-state index in [0.717, 1.165) is 17.9 Å². The van der Waals surface area contributed by atoms with Crippen molar-refractivity contribution in [2.75, 3.05) is 5.75 Å². The van der Waals surface area contributed by atoms with Crippen LogP contribution in [-0.2, 0) is 0 Å². The van der Waals surface area contributed by atoms with Crippen LogP contribution in [0.5, 0.6) is 5.75 Å². The first-order valence-electron chi connectivity index (χ1n) is 3.95. The molecule has 2 nitrogen and oxygen atoms in total. The molecule has 68 valence electrons. The fraction of sp³-hybridized carbons (Fsp3) is 0.222. The van der Waals surface area contributed by atoms with Crippen LogP contribution in [0.15, 0.2) is 22.6 Å². The van der Waals surface area contributed by atoms with Crippen molar-refractivity contribution in [3.63, 3.8) is 0 Å². The molecule has 0 atom stereocenters. The van der Waals surface area contributed by atoms with E-state index < -0.39 is 0 Å². The lowest BCUT2D eigenvalue weighted by Gasteiger charge is -2.02. The van der Waals surface area contributed by atoms with Crippen molar-refractivity contribution in [2.45, 2.75) is 6.42 Å². The van der Waals surface area contributed by atoms with Gasteiger partial charge < -0.3 is 5.11 Å². The monoisotopic (exact) mass is 197 g/mol. The Morgan fingerprint density at radius 1 is 1.46 bits per heavy atom. The lowest BCUT2D eigenvalue weighted by Crippen LogP contribution is -1.98. The van der Waals surface area contributed by atoms with Crippen molar-refractivity contribution < 1.29 is 9.50 Å². The first kappa shape index (κ1) is 8.56. The van der Waals surface area contributed by atoms with Crippen LogP contribution < -0.4 is 0 Å². The number of phenols is 1. The van der Waals surface area contributed by atoms with E-state index in [1.54, 1.807) is 0 Å². The van der Waals surface area contributed by atoms with E-state index in [1.807, 2.05) is 0 Å². The van der Waals surface area contributed by atoms with Gasteiger partial charge in [-0.15, -0.1) is 0 Å². The highest BCUT2D eigenvalue weighted by Gasteiger charge is 2.14. The summed E-state index contributed by atoms with van der Waals surface area (Å²) in [6.45, 7) is 0. The number of hydrogen-bond donors (Lipinski definition) is 1. The highest BCUT2D eigenvalue weighted by molar-refractivity contribution is 7.98. The van der Waals surface area contributed by atoms with Gasteiger partial charge in [-0.2, -0.15) is 0 Å². The highest BCUT2D eigenvalue weighted by Crippen LogP contribution is 2.26. The minimum atomic E-state index is -0.340. The zero-order valence-corrected chi connectivity index (χ0v) is 7.64. The molecule has 1 N–H and O–H groups in total. The molecule has 1 aliphatic rings. The largest absolute Gasteiger partial charge is 0.507 e. The Bertz CT molecular complexity index is 365. The van der Waals surface area contributed by atoms with Crippen LogP contribution in [0, 0.1) is 5.82 Å². The van der Waals surface area contributed by atoms with Gasteiger partial charge in [0.15, 0.2) is 0 Å². The van der Waals surface area contributed by atoms with Gasteiger partial charge in [-0.25, -0.2) is 8.79 Å². The van der Waals surface area contributed by atoms with Gasteiger partial charge in [0.05, 0.1) is 5.71 Å². The predicted octanol–water partition coefficient (Wildman–Crippen LogP) is 2.37. The van der Waals surface area contributed by atoms with Crippen molar-refractivity contribution in [2.24, 2.45) is 4.40 Å². The molecule has 4 heteroatoms. The molecule has 0 amide bonds. The number of rotatable bonds is 1. The van der Waals surface area contributed by atoms with E-state index in [0.29, 0.717) is 5.56 Å². The fourth-order valence-electron chi connectivity index (χ4n) is 1.23. The lowest BCUT2D eigenvalue weighted by molar-refractivity contribution is 0.472. The second kappa shape index (κ2) is 3.38. The molecule has 0 aromatic heterocycles. The molecule has 1 aliphatic heterocycles. The van der Waals surface area contributed by atoms with Gasteiger partial charge in [0.1, 0.15) is 11.6 Å². The zero-order chi connectivity index (χ0) is 9.26. The number of hydrogen-bond acceptors (Lipinski definition) is 3. The van der Waals surface area contributed by atoms with Crippen molar-refractivity contribution in [1.29, 1.82) is 0 Å². The maximum Gasteiger partial charge on any atom is 0.124 e. The van der Waals surface area contributed by atoms with Crippen molar-refractivity contribution >= 4 is 17.7 Å². The minimum Gasteiger partial charge on any atom is -0.507 e. The first-order valence-corrected chi connectivity index (χ1v) is 4.89. The third-order valence-corrected chi connectivity index (χ3v) is 2.61. The average molecular weight is 197 g/mol. The number of aromatic hydroxyl groups is 1. The van der Waals surface area contributed by atoms with Crippen LogP contribution >= 0.6 is 11.9 Å². The smallest absolute Gasteiger partial charge is 0.124 e. The molecule has 2 rings (SSSR count). The van der Waals surface area contributed by atoms with Gasteiger partial charge in [-0.3, -0.25) is 0 Å². The molecule has 0 spiro atoms. The number of phenolic OH excluding ortho intramolecular Hbond substituents is 1. The van der Waals surface area contributed by atoms with Gasteiger partial charge in [-0.05, 0) is 30.1 Å². The molecule has 0 aliphatic carbocycles. The van der Waals surface area contributed by atoms with Crippen LogP contribution in [0.25, 0.3) is 0 Å². The molecular formula is C9H8FNOS.